The predicted molar refractivity (Wildman–Crippen MR) is 77.8 cm³/mol. The number of hydrogen-bond donors (Lipinski definition) is 1. The number of halogens is 3. The van der Waals surface area contributed by atoms with Crippen molar-refractivity contribution in [3.05, 3.63) is 47.8 Å². The quantitative estimate of drug-likeness (QED) is 0.777. The molecule has 0 saturated heterocycles. The van der Waals surface area contributed by atoms with Crippen LogP contribution in [0.25, 0.3) is 5.78 Å². The van der Waals surface area contributed by atoms with Gasteiger partial charge in [-0.05, 0) is 24.6 Å². The van der Waals surface area contributed by atoms with Crippen LogP contribution in [-0.2, 0) is 16.2 Å². The third-order valence-corrected chi connectivity index (χ3v) is 4.16. The van der Waals surface area contributed by atoms with Crippen molar-refractivity contribution >= 4 is 21.5 Å². The zero-order chi connectivity index (χ0) is 17.5. The zero-order valence-electron chi connectivity index (χ0n) is 12.1. The van der Waals surface area contributed by atoms with Crippen molar-refractivity contribution in [2.75, 3.05) is 4.72 Å². The maximum Gasteiger partial charge on any atom is 0.418 e. The average molecular weight is 357 g/mol. The summed E-state index contributed by atoms with van der Waals surface area (Å²) < 4.78 is 66.5. The van der Waals surface area contributed by atoms with Crippen molar-refractivity contribution in [3.63, 3.8) is 0 Å². The number of aromatic nitrogens is 4. The molecule has 0 fully saturated rings. The summed E-state index contributed by atoms with van der Waals surface area (Å²) in [6.45, 7) is 1.72. The lowest BCUT2D eigenvalue weighted by atomic mass is 10.2. The van der Waals surface area contributed by atoms with Crippen LogP contribution < -0.4 is 4.72 Å². The first-order valence-electron chi connectivity index (χ1n) is 6.55. The zero-order valence-corrected chi connectivity index (χ0v) is 12.9. The third kappa shape index (κ3) is 3.02. The molecule has 3 rings (SSSR count). The summed E-state index contributed by atoms with van der Waals surface area (Å²) >= 11 is 0. The molecule has 24 heavy (non-hydrogen) atoms. The fourth-order valence-corrected chi connectivity index (χ4v) is 2.94. The highest BCUT2D eigenvalue weighted by molar-refractivity contribution is 7.92. The molecule has 0 radical (unpaired) electrons. The normalized spacial score (nSPS) is 12.5. The Hall–Kier alpha value is -2.69. The number of alkyl halides is 3. The number of benzene rings is 1. The van der Waals surface area contributed by atoms with Crippen molar-refractivity contribution in [2.24, 2.45) is 0 Å². The fraction of sp³-hybridized carbons (Fsp3) is 0.154. The van der Waals surface area contributed by atoms with Crippen molar-refractivity contribution in [3.8, 4) is 0 Å². The Morgan fingerprint density at radius 1 is 1.21 bits per heavy atom. The molecule has 0 saturated carbocycles. The van der Waals surface area contributed by atoms with E-state index in [-0.39, 0.29) is 5.78 Å². The van der Waals surface area contributed by atoms with E-state index >= 15 is 0 Å². The minimum atomic E-state index is -4.70. The van der Waals surface area contributed by atoms with Crippen LogP contribution in [0.3, 0.4) is 0 Å². The molecule has 3 aromatic rings. The van der Waals surface area contributed by atoms with Crippen LogP contribution in [0, 0.1) is 6.92 Å². The molecule has 1 N–H and O–H groups in total. The highest BCUT2D eigenvalue weighted by Gasteiger charge is 2.34. The minimum absolute atomic E-state index is 0.0186. The number of para-hydroxylation sites is 1. The maximum absolute atomic E-state index is 13.0. The number of fused-ring (bicyclic) bond motifs is 1. The summed E-state index contributed by atoms with van der Waals surface area (Å²) in [5, 5.41) is 3.08. The molecule has 7 nitrogen and oxygen atoms in total. The Kier molecular flexibility index (Phi) is 3.67. The molecule has 0 bridgehead atoms. The van der Waals surface area contributed by atoms with E-state index in [0.29, 0.717) is 5.56 Å². The molecule has 0 unspecified atom stereocenters. The van der Waals surface area contributed by atoms with Gasteiger partial charge in [0.1, 0.15) is 0 Å². The van der Waals surface area contributed by atoms with E-state index in [1.54, 1.807) is 6.92 Å². The summed E-state index contributed by atoms with van der Waals surface area (Å²) in [6, 6.07) is 4.24. The second kappa shape index (κ2) is 5.44. The molecule has 11 heteroatoms. The van der Waals surface area contributed by atoms with Gasteiger partial charge < -0.3 is 0 Å². The molecular weight excluding hydrogens is 347 g/mol. The number of sulfonamides is 1. The van der Waals surface area contributed by atoms with Gasteiger partial charge in [0.15, 0.2) is 0 Å². The summed E-state index contributed by atoms with van der Waals surface area (Å²) in [5.74, 6) is 0.0186. The molecule has 126 valence electrons. The second-order valence-corrected chi connectivity index (χ2v) is 6.50. The Morgan fingerprint density at radius 3 is 2.62 bits per heavy atom. The largest absolute Gasteiger partial charge is 0.418 e. The molecule has 0 amide bonds. The predicted octanol–water partition coefficient (Wildman–Crippen LogP) is 2.25. The van der Waals surface area contributed by atoms with Gasteiger partial charge in [-0.25, -0.2) is 9.50 Å². The van der Waals surface area contributed by atoms with E-state index < -0.39 is 32.6 Å². The number of hydrogen-bond acceptors (Lipinski definition) is 5. The van der Waals surface area contributed by atoms with Gasteiger partial charge in [-0.2, -0.15) is 26.6 Å². The first kappa shape index (κ1) is 16.2. The van der Waals surface area contributed by atoms with Crippen molar-refractivity contribution in [1.82, 2.24) is 19.6 Å². The van der Waals surface area contributed by atoms with E-state index in [1.807, 2.05) is 4.72 Å². The summed E-state index contributed by atoms with van der Waals surface area (Å²) in [7, 11) is -4.40. The van der Waals surface area contributed by atoms with Gasteiger partial charge >= 0.3 is 6.18 Å². The topological polar surface area (TPSA) is 89.2 Å². The summed E-state index contributed by atoms with van der Waals surface area (Å²) in [5.41, 5.74) is -0.994. The lowest BCUT2D eigenvalue weighted by molar-refractivity contribution is -0.136. The van der Waals surface area contributed by atoms with Crippen LogP contribution in [0.4, 0.5) is 18.9 Å². The average Bonchev–Trinajstić information content (AvgIpc) is 2.90. The van der Waals surface area contributed by atoms with Gasteiger partial charge in [0.25, 0.3) is 21.0 Å². The van der Waals surface area contributed by atoms with E-state index in [0.717, 1.165) is 22.7 Å². The summed E-state index contributed by atoms with van der Waals surface area (Å²) in [6.07, 6.45) is -1.74. The molecule has 0 aliphatic carbocycles. The minimum Gasteiger partial charge on any atom is -0.276 e. The standard InChI is InChI=1S/C13H10F3N5O2S/c1-8-6-17-11-18-12(19-21(11)7-8)24(22,23)20-10-5-3-2-4-9(10)13(14,15)16/h2-7,20H,1H3. The molecule has 1 aromatic carbocycles. The highest BCUT2D eigenvalue weighted by atomic mass is 32.2. The molecule has 0 aliphatic heterocycles. The third-order valence-electron chi connectivity index (χ3n) is 3.02. The Balaban J connectivity index is 2.02. The first-order chi connectivity index (χ1) is 11.2. The van der Waals surface area contributed by atoms with Gasteiger partial charge in [0.05, 0.1) is 11.3 Å². The van der Waals surface area contributed by atoms with Gasteiger partial charge in [0, 0.05) is 12.4 Å². The summed E-state index contributed by atoms with van der Waals surface area (Å²) in [4.78, 5) is 7.62. The van der Waals surface area contributed by atoms with Gasteiger partial charge in [-0.15, -0.1) is 5.10 Å². The Morgan fingerprint density at radius 2 is 1.92 bits per heavy atom. The van der Waals surface area contributed by atoms with Crippen molar-refractivity contribution < 1.29 is 21.6 Å². The first-order valence-corrected chi connectivity index (χ1v) is 8.03. The molecule has 0 aliphatic rings. The molecule has 0 atom stereocenters. The van der Waals surface area contributed by atoms with Crippen LogP contribution in [0.2, 0.25) is 0 Å². The molecule has 2 aromatic heterocycles. The van der Waals surface area contributed by atoms with Gasteiger partial charge in [0.2, 0.25) is 0 Å². The Bertz CT molecular complexity index is 1010. The molecular formula is C13H10F3N5O2S. The van der Waals surface area contributed by atoms with Crippen LogP contribution in [-0.4, -0.2) is 28.0 Å². The number of nitrogens with one attached hydrogen (secondary N) is 1. The van der Waals surface area contributed by atoms with Gasteiger partial charge in [-0.3, -0.25) is 4.72 Å². The SMILES string of the molecule is Cc1cnc2nc(S(=O)(=O)Nc3ccccc3C(F)(F)F)nn2c1. The monoisotopic (exact) mass is 357 g/mol. The number of nitrogens with zero attached hydrogens (tertiary/aromatic N) is 4. The molecule has 0 spiro atoms. The van der Waals surface area contributed by atoms with E-state index in [2.05, 4.69) is 15.1 Å². The Labute approximate surface area is 134 Å². The van der Waals surface area contributed by atoms with Crippen LogP contribution in [0.5, 0.6) is 0 Å². The van der Waals surface area contributed by atoms with Crippen LogP contribution in [0.1, 0.15) is 11.1 Å². The number of aryl methyl sites for hydroxylation is 1. The van der Waals surface area contributed by atoms with E-state index in [9.17, 15) is 21.6 Å². The highest BCUT2D eigenvalue weighted by Crippen LogP contribution is 2.35. The van der Waals surface area contributed by atoms with Crippen LogP contribution in [0.15, 0.2) is 41.8 Å². The van der Waals surface area contributed by atoms with E-state index in [4.69, 9.17) is 0 Å². The second-order valence-electron chi connectivity index (χ2n) is 4.92. The smallest absolute Gasteiger partial charge is 0.276 e. The van der Waals surface area contributed by atoms with Crippen molar-refractivity contribution in [1.29, 1.82) is 0 Å². The maximum atomic E-state index is 13.0. The molecule has 2 heterocycles. The van der Waals surface area contributed by atoms with E-state index in [1.165, 1.54) is 18.5 Å². The lowest BCUT2D eigenvalue weighted by Crippen LogP contribution is -2.18. The van der Waals surface area contributed by atoms with Crippen molar-refractivity contribution in [2.45, 2.75) is 18.3 Å². The number of anilines is 1. The fourth-order valence-electron chi connectivity index (χ4n) is 1.98. The lowest BCUT2D eigenvalue weighted by Gasteiger charge is -2.13. The number of rotatable bonds is 3. The van der Waals surface area contributed by atoms with Crippen LogP contribution >= 0.6 is 0 Å². The van der Waals surface area contributed by atoms with Gasteiger partial charge in [-0.1, -0.05) is 12.1 Å².